The zero-order chi connectivity index (χ0) is 83.5. The molecule has 6 saturated heterocycles. The molecule has 0 N–H and O–H groups in total. The quantitative estimate of drug-likeness (QED) is 0.0403. The average molecular weight is 1940 g/mol. The molecule has 662 valence electrons. The SMILES string of the molecule is CCO[Si](CC[Si](C)(C)O[Si]12O[Si]3(OC)O[Si]4(O[SiH2]C)O[Si]5(O[Si](C)(C)CCC6CC=CCC6)O[Si](O[Si](C)(C)CCC6CC=CCC6)(O3)O[Si](O[Si](C)(C)CC[Si](OCC)(OCC)OCC)(O1)O[Si](O[Si](C)(C)CC[Si](OCC)(OCC)OCC)(O5)O[Si](O[Si](C)(C)CC[Si](OCC)(OCC)OCC)(O4)O2)(OCC)OCC. The summed E-state index contributed by atoms with van der Waals surface area (Å²) in [6.07, 6.45) is 16.4. The van der Waals surface area contributed by atoms with Gasteiger partial charge >= 0.3 is 108 Å². The highest BCUT2D eigenvalue weighted by Gasteiger charge is 2.92. The molecule has 8 aliphatic rings. The summed E-state index contributed by atoms with van der Waals surface area (Å²) in [6.45, 7) is 53.6. The van der Waals surface area contributed by atoms with E-state index in [1.807, 2.05) is 142 Å². The van der Waals surface area contributed by atoms with Crippen LogP contribution in [0, 0.1) is 11.8 Å². The zero-order valence-corrected chi connectivity index (χ0v) is 92.9. The van der Waals surface area contributed by atoms with Crippen molar-refractivity contribution in [1.82, 2.24) is 0 Å². The normalized spacial score (nSPS) is 29.7. The Balaban J connectivity index is 1.68. The molecule has 6 fully saturated rings. The molecule has 51 heteroatoms. The van der Waals surface area contributed by atoms with Crippen LogP contribution in [0.1, 0.15) is 134 Å². The molecule has 6 heterocycles. The molecule has 8 bridgehead atoms. The van der Waals surface area contributed by atoms with Gasteiger partial charge in [-0.3, -0.25) is 0 Å². The highest BCUT2D eigenvalue weighted by molar-refractivity contribution is 7.04. The maximum absolute atomic E-state index is 8.34. The van der Waals surface area contributed by atoms with Crippen LogP contribution in [-0.4, -0.2) is 254 Å². The zero-order valence-electron chi connectivity index (χ0n) is 73.4. The van der Waals surface area contributed by atoms with Crippen molar-refractivity contribution in [2.45, 2.75) is 280 Å². The summed E-state index contributed by atoms with van der Waals surface area (Å²) < 4.78 is 239. The van der Waals surface area contributed by atoms with Crippen molar-refractivity contribution in [1.29, 1.82) is 0 Å². The first-order valence-electron chi connectivity index (χ1n) is 41.8. The minimum absolute atomic E-state index is 0.301. The smallest absolute Gasteiger partial charge is 0.401 e. The topological polar surface area (TPSA) is 295 Å². The van der Waals surface area contributed by atoms with Gasteiger partial charge in [-0.15, -0.1) is 0 Å². The molecule has 0 aromatic carbocycles. The Labute approximate surface area is 700 Å². The van der Waals surface area contributed by atoms with Gasteiger partial charge in [0.2, 0.25) is 0 Å². The average Bonchev–Trinajstić information content (AvgIpc) is 0.679. The summed E-state index contributed by atoms with van der Waals surface area (Å²) in [5.74, 6) is 0.729. The predicted molar refractivity (Wildman–Crippen MR) is 466 cm³/mol. The van der Waals surface area contributed by atoms with Gasteiger partial charge in [0, 0.05) is 111 Å². The maximum atomic E-state index is 8.34. The first-order chi connectivity index (χ1) is 53.1. The van der Waals surface area contributed by atoms with Crippen LogP contribution in [0.25, 0.3) is 0 Å². The number of allylic oxidation sites excluding steroid dienone is 4. The van der Waals surface area contributed by atoms with Gasteiger partial charge in [0.05, 0.1) is 0 Å². The van der Waals surface area contributed by atoms with Gasteiger partial charge in [-0.1, -0.05) is 43.7 Å². The molecule has 0 amide bonds. The molecule has 8 rings (SSSR count). The van der Waals surface area contributed by atoms with Crippen LogP contribution >= 0.6 is 0 Å². The van der Waals surface area contributed by atoms with Crippen LogP contribution in [0.15, 0.2) is 24.3 Å². The van der Waals surface area contributed by atoms with Gasteiger partial charge in [0.1, 0.15) is 0 Å². The van der Waals surface area contributed by atoms with E-state index in [-0.39, 0.29) is 0 Å². The molecule has 32 nitrogen and oxygen atoms in total. The number of hydrogen-bond acceptors (Lipinski definition) is 32. The van der Waals surface area contributed by atoms with E-state index >= 15 is 0 Å². The molecule has 10 atom stereocenters. The molecule has 10 unspecified atom stereocenters. The van der Waals surface area contributed by atoms with Crippen molar-refractivity contribution in [2.75, 3.05) is 86.4 Å². The third-order valence-corrected chi connectivity index (χ3v) is 88.9. The molecule has 0 radical (unpaired) electrons. The van der Waals surface area contributed by atoms with E-state index in [4.69, 9.17) is 136 Å². The summed E-state index contributed by atoms with van der Waals surface area (Å²) in [5, 5.41) is 0. The number of hydrogen-bond donors (Lipinski definition) is 0. The first kappa shape index (κ1) is 102. The van der Waals surface area contributed by atoms with E-state index in [2.05, 4.69) is 50.5 Å². The van der Waals surface area contributed by atoms with E-state index in [1.54, 1.807) is 0 Å². The lowest BCUT2D eigenvalue weighted by atomic mass is 9.92. The number of rotatable bonds is 57. The van der Waals surface area contributed by atoms with Crippen molar-refractivity contribution >= 4 is 167 Å². The molecule has 0 aromatic heterocycles. The fraction of sp³-hybridized carbons (Fsp3) is 0.935. The Morgan fingerprint density at radius 2 is 0.469 bits per heavy atom. The maximum Gasteiger partial charge on any atom is 0.661 e. The van der Waals surface area contributed by atoms with Crippen molar-refractivity contribution in [3.63, 3.8) is 0 Å². The minimum Gasteiger partial charge on any atom is -0.401 e. The summed E-state index contributed by atoms with van der Waals surface area (Å²) >= 11 is 0. The van der Waals surface area contributed by atoms with E-state index in [0.29, 0.717) is 152 Å². The second kappa shape index (κ2) is 43.7. The Hall–Kier alpha value is 2.32. The summed E-state index contributed by atoms with van der Waals surface area (Å²) in [6, 6.07) is 3.64. The largest absolute Gasteiger partial charge is 0.661 e. The van der Waals surface area contributed by atoms with Crippen molar-refractivity contribution in [3.8, 4) is 0 Å². The van der Waals surface area contributed by atoms with Crippen molar-refractivity contribution < 1.29 is 136 Å². The van der Waals surface area contributed by atoms with Crippen molar-refractivity contribution in [3.05, 3.63) is 24.3 Å². The second-order valence-electron chi connectivity index (χ2n) is 32.3. The standard InChI is InChI=1S/C62H146O32Si19/c1-27-64-102(65-28-2,66-29-3)57-53-98(19,20)79-109-85-106(63-13)83-107(76-95-14)86-110(78-97(17,18)52-50-62-47-43-40-44-48-62)88-108(84-106,77-96(15,16)51-49-61-45-41-39-42-46-61)90-112(91-109,81-100(23,24)55-59-104(70-33-7,71-34-8)72-35-9)94-113(92-110,82-101(25,26)56-60-105(73-36-10,74-37-11)75-38-12)93-111(87-107,89-109)80-99(21,22)54-58-103(67-30-4,68-31-5)69-32-6/h39-41,43,61-62H,27-38,42,44-60,95H2,1-26H3. The molecule has 0 aromatic rings. The van der Waals surface area contributed by atoms with E-state index < -0.39 is 167 Å². The highest BCUT2D eigenvalue weighted by atomic mass is 28.7. The molecular formula is C62H146O32Si19. The molecule has 0 spiro atoms. The molecule has 2 aliphatic carbocycles. The van der Waals surface area contributed by atoms with E-state index in [9.17, 15) is 0 Å². The van der Waals surface area contributed by atoms with Gasteiger partial charge in [-0.05, 0) is 248 Å². The lowest BCUT2D eigenvalue weighted by Gasteiger charge is -2.60. The van der Waals surface area contributed by atoms with Gasteiger partial charge in [0.15, 0.2) is 59.7 Å². The Kier molecular flexibility index (Phi) is 39.6. The van der Waals surface area contributed by atoms with Gasteiger partial charge in [0.25, 0.3) is 0 Å². The first-order valence-corrected chi connectivity index (χ1v) is 83.3. The summed E-state index contributed by atoms with van der Waals surface area (Å²) in [7, 11) is -80.0. The van der Waals surface area contributed by atoms with E-state index in [0.717, 1.165) is 51.4 Å². The van der Waals surface area contributed by atoms with Gasteiger partial charge < -0.3 is 136 Å². The Morgan fingerprint density at radius 3 is 0.655 bits per heavy atom. The third kappa shape index (κ3) is 29.4. The monoisotopic (exact) mass is 1930 g/mol. The summed E-state index contributed by atoms with van der Waals surface area (Å²) in [5.41, 5.74) is 0. The minimum atomic E-state index is -5.74. The van der Waals surface area contributed by atoms with Crippen LogP contribution < -0.4 is 0 Å². The van der Waals surface area contributed by atoms with Gasteiger partial charge in [-0.25, -0.2) is 0 Å². The predicted octanol–water partition coefficient (Wildman–Crippen LogP) is 13.5. The van der Waals surface area contributed by atoms with Gasteiger partial charge in [-0.2, -0.15) is 0 Å². The lowest BCUT2D eigenvalue weighted by Crippen LogP contribution is -2.92. The van der Waals surface area contributed by atoms with Crippen LogP contribution in [0.3, 0.4) is 0 Å². The molecule has 0 saturated carbocycles. The molecule has 6 aliphatic heterocycles. The third-order valence-electron chi connectivity index (χ3n) is 19.5. The van der Waals surface area contributed by atoms with Crippen LogP contribution in [0.5, 0.6) is 0 Å². The lowest BCUT2D eigenvalue weighted by molar-refractivity contribution is -0.133. The molecular weight excluding hydrogens is 1790 g/mol. The highest BCUT2D eigenvalue weighted by Crippen LogP contribution is 2.54. The Bertz CT molecular complexity index is 2880. The van der Waals surface area contributed by atoms with Crippen molar-refractivity contribution in [2.24, 2.45) is 11.8 Å². The fourth-order valence-electron chi connectivity index (χ4n) is 14.6. The fourth-order valence-corrected chi connectivity index (χ4v) is 100. The van der Waals surface area contributed by atoms with Crippen LogP contribution in [0.4, 0.5) is 0 Å². The second-order valence-corrected chi connectivity index (χ2v) is 92.2. The van der Waals surface area contributed by atoms with Crippen LogP contribution in [-0.2, 0) is 136 Å². The summed E-state index contributed by atoms with van der Waals surface area (Å²) in [4.78, 5) is 0. The molecule has 113 heavy (non-hydrogen) atoms. The van der Waals surface area contributed by atoms with E-state index in [1.165, 1.54) is 7.11 Å². The Morgan fingerprint density at radius 1 is 0.274 bits per heavy atom. The van der Waals surface area contributed by atoms with Crippen LogP contribution in [0.2, 0.25) is 146 Å².